The highest BCUT2D eigenvalue weighted by molar-refractivity contribution is 5.25. The van der Waals surface area contributed by atoms with Gasteiger partial charge in [0.15, 0.2) is 0 Å². The number of aliphatic hydroxyl groups is 1. The highest BCUT2D eigenvalue weighted by atomic mass is 16.5. The van der Waals surface area contributed by atoms with E-state index in [2.05, 4.69) is 4.90 Å². The molecule has 0 spiro atoms. The molecule has 2 rings (SSSR count). The highest BCUT2D eigenvalue weighted by Crippen LogP contribution is 2.13. The van der Waals surface area contributed by atoms with Gasteiger partial charge in [-0.25, -0.2) is 0 Å². The topological polar surface area (TPSA) is 52.9 Å². The lowest BCUT2D eigenvalue weighted by Gasteiger charge is -2.31. The van der Waals surface area contributed by atoms with Crippen LogP contribution in [0.15, 0.2) is 24.3 Å². The molecule has 1 heterocycles. The molecule has 16 heavy (non-hydrogen) atoms. The van der Waals surface area contributed by atoms with E-state index in [1.807, 2.05) is 12.1 Å². The van der Waals surface area contributed by atoms with E-state index < -0.39 is 0 Å². The van der Waals surface area contributed by atoms with Crippen LogP contribution in [0.3, 0.4) is 0 Å². The van der Waals surface area contributed by atoms with Crippen molar-refractivity contribution < 1.29 is 14.9 Å². The van der Waals surface area contributed by atoms with Crippen LogP contribution in [0.2, 0.25) is 0 Å². The molecule has 1 unspecified atom stereocenters. The van der Waals surface area contributed by atoms with Crippen molar-refractivity contribution in [2.45, 2.75) is 12.6 Å². The van der Waals surface area contributed by atoms with Crippen molar-refractivity contribution >= 4 is 0 Å². The number of phenolic OH excluding ortho intramolecular Hbond substituents is 1. The normalized spacial score (nSPS) is 22.2. The number of hydrogen-bond donors (Lipinski definition) is 2. The van der Waals surface area contributed by atoms with Crippen molar-refractivity contribution in [3.05, 3.63) is 29.8 Å². The number of aromatic hydroxyl groups is 1. The molecular weight excluding hydrogens is 206 g/mol. The van der Waals surface area contributed by atoms with Gasteiger partial charge in [-0.15, -0.1) is 0 Å². The summed E-state index contributed by atoms with van der Waals surface area (Å²) in [6, 6.07) is 7.22. The van der Waals surface area contributed by atoms with Gasteiger partial charge in [0.1, 0.15) is 5.75 Å². The Kier molecular flexibility index (Phi) is 3.77. The van der Waals surface area contributed by atoms with Crippen LogP contribution in [0.5, 0.6) is 5.75 Å². The average Bonchev–Trinajstić information content (AvgIpc) is 2.32. The molecule has 4 nitrogen and oxygen atoms in total. The van der Waals surface area contributed by atoms with Gasteiger partial charge in [-0.05, 0) is 17.7 Å². The Hall–Kier alpha value is -1.10. The van der Waals surface area contributed by atoms with Crippen LogP contribution in [0.1, 0.15) is 5.56 Å². The molecule has 1 saturated heterocycles. The number of morpholine rings is 1. The summed E-state index contributed by atoms with van der Waals surface area (Å²) in [6.45, 7) is 3.23. The third kappa shape index (κ3) is 2.95. The Bertz CT molecular complexity index is 326. The van der Waals surface area contributed by atoms with E-state index in [4.69, 9.17) is 9.84 Å². The predicted molar refractivity (Wildman–Crippen MR) is 60.2 cm³/mol. The third-order valence-corrected chi connectivity index (χ3v) is 2.77. The van der Waals surface area contributed by atoms with E-state index in [9.17, 15) is 5.11 Å². The molecule has 0 radical (unpaired) electrons. The minimum atomic E-state index is -0.0640. The SMILES string of the molecule is OCC1CN(Cc2ccc(O)cc2)CCO1. The number of aliphatic hydroxyl groups excluding tert-OH is 1. The monoisotopic (exact) mass is 223 g/mol. The second-order valence-electron chi connectivity index (χ2n) is 4.08. The molecule has 2 N–H and O–H groups in total. The van der Waals surface area contributed by atoms with Gasteiger partial charge in [0.05, 0.1) is 19.3 Å². The first-order chi connectivity index (χ1) is 7.78. The first kappa shape index (κ1) is 11.4. The third-order valence-electron chi connectivity index (χ3n) is 2.77. The second kappa shape index (κ2) is 5.30. The summed E-state index contributed by atoms with van der Waals surface area (Å²) in [6.07, 6.45) is -0.0640. The van der Waals surface area contributed by atoms with Gasteiger partial charge in [0.25, 0.3) is 0 Å². The van der Waals surface area contributed by atoms with E-state index >= 15 is 0 Å². The van der Waals surface area contributed by atoms with Crippen LogP contribution in [0, 0.1) is 0 Å². The Labute approximate surface area is 95.1 Å². The van der Waals surface area contributed by atoms with Crippen LogP contribution in [0.25, 0.3) is 0 Å². The second-order valence-corrected chi connectivity index (χ2v) is 4.08. The number of hydrogen-bond acceptors (Lipinski definition) is 4. The van der Waals surface area contributed by atoms with E-state index in [-0.39, 0.29) is 12.7 Å². The zero-order valence-electron chi connectivity index (χ0n) is 9.17. The lowest BCUT2D eigenvalue weighted by molar-refractivity contribution is -0.0551. The molecule has 0 aliphatic carbocycles. The summed E-state index contributed by atoms with van der Waals surface area (Å²) in [5, 5.41) is 18.2. The maximum Gasteiger partial charge on any atom is 0.115 e. The van der Waals surface area contributed by atoms with Crippen LogP contribution >= 0.6 is 0 Å². The summed E-state index contributed by atoms with van der Waals surface area (Å²) in [5.74, 6) is 0.291. The van der Waals surface area contributed by atoms with E-state index in [1.165, 1.54) is 0 Å². The average molecular weight is 223 g/mol. The van der Waals surface area contributed by atoms with Gasteiger partial charge in [0, 0.05) is 19.6 Å². The first-order valence-corrected chi connectivity index (χ1v) is 5.50. The van der Waals surface area contributed by atoms with Gasteiger partial charge >= 0.3 is 0 Å². The van der Waals surface area contributed by atoms with Crippen molar-refractivity contribution in [2.24, 2.45) is 0 Å². The largest absolute Gasteiger partial charge is 0.508 e. The number of phenols is 1. The lowest BCUT2D eigenvalue weighted by atomic mass is 10.2. The summed E-state index contributed by atoms with van der Waals surface area (Å²) in [5.41, 5.74) is 1.16. The Morgan fingerprint density at radius 1 is 1.31 bits per heavy atom. The molecule has 4 heteroatoms. The highest BCUT2D eigenvalue weighted by Gasteiger charge is 2.19. The van der Waals surface area contributed by atoms with Crippen molar-refractivity contribution in [3.8, 4) is 5.75 Å². The fraction of sp³-hybridized carbons (Fsp3) is 0.500. The van der Waals surface area contributed by atoms with Crippen molar-refractivity contribution in [1.82, 2.24) is 4.90 Å². The van der Waals surface area contributed by atoms with Gasteiger partial charge in [0.2, 0.25) is 0 Å². The van der Waals surface area contributed by atoms with Gasteiger partial charge in [-0.2, -0.15) is 0 Å². The molecule has 88 valence electrons. The number of ether oxygens (including phenoxy) is 1. The first-order valence-electron chi connectivity index (χ1n) is 5.50. The molecule has 0 saturated carbocycles. The number of nitrogens with zero attached hydrogens (tertiary/aromatic N) is 1. The molecule has 1 aliphatic heterocycles. The Morgan fingerprint density at radius 3 is 2.75 bits per heavy atom. The minimum Gasteiger partial charge on any atom is -0.508 e. The maximum atomic E-state index is 9.18. The van der Waals surface area contributed by atoms with Gasteiger partial charge in [-0.3, -0.25) is 4.90 Å². The maximum absolute atomic E-state index is 9.18. The summed E-state index contributed by atoms with van der Waals surface area (Å²) < 4.78 is 5.38. The van der Waals surface area contributed by atoms with Crippen LogP contribution in [0.4, 0.5) is 0 Å². The molecule has 0 bridgehead atoms. The summed E-state index contributed by atoms with van der Waals surface area (Å²) in [4.78, 5) is 2.25. The van der Waals surface area contributed by atoms with E-state index in [1.54, 1.807) is 12.1 Å². The molecule has 1 aromatic rings. The van der Waals surface area contributed by atoms with Crippen molar-refractivity contribution in [3.63, 3.8) is 0 Å². The van der Waals surface area contributed by atoms with Crippen LogP contribution in [-0.4, -0.2) is 47.5 Å². The quantitative estimate of drug-likeness (QED) is 0.787. The summed E-state index contributed by atoms with van der Waals surface area (Å²) in [7, 11) is 0. The van der Waals surface area contributed by atoms with E-state index in [0.717, 1.165) is 25.2 Å². The van der Waals surface area contributed by atoms with Crippen molar-refractivity contribution in [2.75, 3.05) is 26.3 Å². The lowest BCUT2D eigenvalue weighted by Crippen LogP contribution is -2.43. The molecule has 1 aromatic carbocycles. The molecular formula is C12H17NO3. The molecule has 1 atom stereocenters. The van der Waals surface area contributed by atoms with E-state index in [0.29, 0.717) is 12.4 Å². The standard InChI is InChI=1S/C12H17NO3/c14-9-12-8-13(5-6-16-12)7-10-1-3-11(15)4-2-10/h1-4,12,14-15H,5-9H2. The van der Waals surface area contributed by atoms with Crippen molar-refractivity contribution in [1.29, 1.82) is 0 Å². The zero-order valence-corrected chi connectivity index (χ0v) is 9.17. The smallest absolute Gasteiger partial charge is 0.115 e. The molecule has 1 fully saturated rings. The van der Waals surface area contributed by atoms with Gasteiger partial charge in [-0.1, -0.05) is 12.1 Å². The molecule has 0 amide bonds. The Morgan fingerprint density at radius 2 is 2.06 bits per heavy atom. The number of rotatable bonds is 3. The molecule has 0 aromatic heterocycles. The minimum absolute atomic E-state index is 0.0640. The predicted octanol–water partition coefficient (Wildman–Crippen LogP) is 0.585. The number of benzene rings is 1. The fourth-order valence-electron chi connectivity index (χ4n) is 1.89. The van der Waals surface area contributed by atoms with Crippen LogP contribution < -0.4 is 0 Å². The molecule has 1 aliphatic rings. The summed E-state index contributed by atoms with van der Waals surface area (Å²) >= 11 is 0. The Balaban J connectivity index is 1.91. The van der Waals surface area contributed by atoms with Crippen LogP contribution in [-0.2, 0) is 11.3 Å². The zero-order chi connectivity index (χ0) is 11.4. The van der Waals surface area contributed by atoms with Gasteiger partial charge < -0.3 is 14.9 Å². The fourth-order valence-corrected chi connectivity index (χ4v) is 1.89.